The summed E-state index contributed by atoms with van der Waals surface area (Å²) in [6.07, 6.45) is 17.8. The van der Waals surface area contributed by atoms with Gasteiger partial charge in [-0.15, -0.1) is 0 Å². The predicted octanol–water partition coefficient (Wildman–Crippen LogP) is 7.10. The second kappa shape index (κ2) is 12.8. The molecule has 0 aromatic heterocycles. The summed E-state index contributed by atoms with van der Waals surface area (Å²) in [5, 5.41) is 8.93. The Morgan fingerprint density at radius 3 is 2.15 bits per heavy atom. The Morgan fingerprint density at radius 1 is 0.926 bits per heavy atom. The van der Waals surface area contributed by atoms with Crippen molar-refractivity contribution in [1.82, 2.24) is 0 Å². The molecule has 3 nitrogen and oxygen atoms in total. The first-order valence-electron chi connectivity index (χ1n) is 11.2. The van der Waals surface area contributed by atoms with Crippen molar-refractivity contribution in [3.05, 3.63) is 29.8 Å². The number of unbranched alkanes of at least 4 members (excludes halogenated alkanes) is 5. The van der Waals surface area contributed by atoms with Crippen molar-refractivity contribution in [3.8, 4) is 5.75 Å². The number of ether oxygens (including phenoxy) is 1. The van der Waals surface area contributed by atoms with Crippen LogP contribution in [0.2, 0.25) is 0 Å². The van der Waals surface area contributed by atoms with E-state index in [-0.39, 0.29) is 0 Å². The molecule has 1 aliphatic rings. The largest absolute Gasteiger partial charge is 0.494 e. The highest BCUT2D eigenvalue weighted by atomic mass is 16.5. The molecule has 1 fully saturated rings. The van der Waals surface area contributed by atoms with E-state index in [0.29, 0.717) is 5.56 Å². The van der Waals surface area contributed by atoms with Crippen molar-refractivity contribution in [2.45, 2.75) is 90.4 Å². The van der Waals surface area contributed by atoms with Crippen LogP contribution in [0.1, 0.15) is 101 Å². The fourth-order valence-electron chi connectivity index (χ4n) is 4.46. The Balaban J connectivity index is 1.62. The zero-order valence-corrected chi connectivity index (χ0v) is 17.1. The predicted molar refractivity (Wildman–Crippen MR) is 112 cm³/mol. The van der Waals surface area contributed by atoms with Crippen molar-refractivity contribution >= 4 is 5.97 Å². The van der Waals surface area contributed by atoms with E-state index in [0.717, 1.165) is 30.6 Å². The molecule has 0 saturated heterocycles. The number of hydrogen-bond donors (Lipinski definition) is 1. The van der Waals surface area contributed by atoms with Gasteiger partial charge in [0, 0.05) is 0 Å². The molecule has 1 N–H and O–H groups in total. The Hall–Kier alpha value is -1.51. The van der Waals surface area contributed by atoms with E-state index >= 15 is 0 Å². The summed E-state index contributed by atoms with van der Waals surface area (Å²) in [6, 6.07) is 6.72. The van der Waals surface area contributed by atoms with Gasteiger partial charge < -0.3 is 9.84 Å². The van der Waals surface area contributed by atoms with Crippen LogP contribution >= 0.6 is 0 Å². The number of carboxylic acid groups (broad SMARTS) is 1. The van der Waals surface area contributed by atoms with Crippen LogP contribution in [0.25, 0.3) is 0 Å². The van der Waals surface area contributed by atoms with E-state index in [1.165, 1.54) is 77.0 Å². The van der Waals surface area contributed by atoms with Gasteiger partial charge in [-0.1, -0.05) is 77.6 Å². The highest BCUT2D eigenvalue weighted by Gasteiger charge is 2.24. The SMILES string of the molecule is CCCCCCCCC1CCCCC1CCCOc1ccc(C(=O)O)cc1. The van der Waals surface area contributed by atoms with Crippen LogP contribution in [0.15, 0.2) is 24.3 Å². The summed E-state index contributed by atoms with van der Waals surface area (Å²) in [7, 11) is 0. The standard InChI is InChI=1S/C24H38O3/c1-2-3-4-5-6-7-11-20-12-8-9-13-21(20)14-10-19-27-23-17-15-22(16-18-23)24(25)26/h15-18,20-21H,2-14,19H2,1H3,(H,25,26). The fraction of sp³-hybridized carbons (Fsp3) is 0.708. The summed E-state index contributed by atoms with van der Waals surface area (Å²) in [4.78, 5) is 10.9. The lowest BCUT2D eigenvalue weighted by Gasteiger charge is -2.32. The van der Waals surface area contributed by atoms with Crippen LogP contribution in [0.3, 0.4) is 0 Å². The van der Waals surface area contributed by atoms with Gasteiger partial charge in [-0.25, -0.2) is 4.79 Å². The normalized spacial score (nSPS) is 19.7. The maximum absolute atomic E-state index is 10.9. The third-order valence-electron chi connectivity index (χ3n) is 6.08. The molecule has 0 bridgehead atoms. The second-order valence-electron chi connectivity index (χ2n) is 8.18. The number of benzene rings is 1. The molecule has 1 aromatic rings. The highest BCUT2D eigenvalue weighted by molar-refractivity contribution is 5.87. The molecule has 0 amide bonds. The number of rotatable bonds is 13. The van der Waals surface area contributed by atoms with Crippen LogP contribution in [-0.4, -0.2) is 17.7 Å². The lowest BCUT2D eigenvalue weighted by Crippen LogP contribution is -2.20. The monoisotopic (exact) mass is 374 g/mol. The van der Waals surface area contributed by atoms with E-state index in [1.807, 2.05) is 0 Å². The maximum Gasteiger partial charge on any atom is 0.335 e. The molecule has 2 unspecified atom stereocenters. The van der Waals surface area contributed by atoms with Crippen LogP contribution in [0.5, 0.6) is 5.75 Å². The lowest BCUT2D eigenvalue weighted by molar-refractivity contribution is 0.0697. The molecule has 152 valence electrons. The number of carbonyl (C=O) groups is 1. The molecule has 0 heterocycles. The molecule has 2 atom stereocenters. The maximum atomic E-state index is 10.9. The minimum absolute atomic E-state index is 0.307. The van der Waals surface area contributed by atoms with Crippen LogP contribution in [0.4, 0.5) is 0 Å². The second-order valence-corrected chi connectivity index (χ2v) is 8.18. The quantitative estimate of drug-likeness (QED) is 0.374. The molecule has 0 spiro atoms. The van der Waals surface area contributed by atoms with Gasteiger partial charge in [0.1, 0.15) is 5.75 Å². The average Bonchev–Trinajstić information content (AvgIpc) is 2.69. The first-order valence-corrected chi connectivity index (χ1v) is 11.2. The smallest absolute Gasteiger partial charge is 0.335 e. The van der Waals surface area contributed by atoms with Gasteiger partial charge in [-0.3, -0.25) is 0 Å². The summed E-state index contributed by atoms with van der Waals surface area (Å²) in [5.41, 5.74) is 0.307. The van der Waals surface area contributed by atoms with Crippen molar-refractivity contribution < 1.29 is 14.6 Å². The molecule has 2 rings (SSSR count). The van der Waals surface area contributed by atoms with Crippen LogP contribution in [0, 0.1) is 11.8 Å². The number of aromatic carboxylic acids is 1. The minimum atomic E-state index is -0.893. The molecular formula is C24H38O3. The Labute approximate surface area is 165 Å². The summed E-state index contributed by atoms with van der Waals surface area (Å²) in [5.74, 6) is 1.69. The van der Waals surface area contributed by atoms with Crippen molar-refractivity contribution in [3.63, 3.8) is 0 Å². The first kappa shape index (κ1) is 21.8. The van der Waals surface area contributed by atoms with Gasteiger partial charge >= 0.3 is 5.97 Å². The van der Waals surface area contributed by atoms with Crippen molar-refractivity contribution in [2.24, 2.45) is 11.8 Å². The van der Waals surface area contributed by atoms with Gasteiger partial charge in [-0.05, 0) is 48.9 Å². The topological polar surface area (TPSA) is 46.5 Å². The van der Waals surface area contributed by atoms with E-state index in [4.69, 9.17) is 9.84 Å². The van der Waals surface area contributed by atoms with E-state index in [9.17, 15) is 4.79 Å². The van der Waals surface area contributed by atoms with Crippen molar-refractivity contribution in [1.29, 1.82) is 0 Å². The molecule has 0 radical (unpaired) electrons. The van der Waals surface area contributed by atoms with Crippen molar-refractivity contribution in [2.75, 3.05) is 6.61 Å². The summed E-state index contributed by atoms with van der Waals surface area (Å²) < 4.78 is 5.81. The van der Waals surface area contributed by atoms with Gasteiger partial charge in [0.2, 0.25) is 0 Å². The fourth-order valence-corrected chi connectivity index (χ4v) is 4.46. The molecule has 27 heavy (non-hydrogen) atoms. The number of hydrogen-bond acceptors (Lipinski definition) is 2. The Morgan fingerprint density at radius 2 is 1.52 bits per heavy atom. The van der Waals surface area contributed by atoms with Gasteiger partial charge in [-0.2, -0.15) is 0 Å². The van der Waals surface area contributed by atoms with Crippen LogP contribution < -0.4 is 4.74 Å². The lowest BCUT2D eigenvalue weighted by atomic mass is 9.74. The molecule has 1 saturated carbocycles. The molecule has 1 aliphatic carbocycles. The molecule has 1 aromatic carbocycles. The average molecular weight is 375 g/mol. The summed E-state index contributed by atoms with van der Waals surface area (Å²) >= 11 is 0. The molecule has 0 aliphatic heterocycles. The zero-order valence-electron chi connectivity index (χ0n) is 17.1. The minimum Gasteiger partial charge on any atom is -0.494 e. The van der Waals surface area contributed by atoms with Gasteiger partial charge in [0.25, 0.3) is 0 Å². The Kier molecular flexibility index (Phi) is 10.3. The van der Waals surface area contributed by atoms with Crippen LogP contribution in [-0.2, 0) is 0 Å². The summed E-state index contributed by atoms with van der Waals surface area (Å²) in [6.45, 7) is 3.01. The van der Waals surface area contributed by atoms with E-state index < -0.39 is 5.97 Å². The molecular weight excluding hydrogens is 336 g/mol. The Bertz CT molecular complexity index is 523. The third kappa shape index (κ3) is 8.36. The number of carboxylic acids is 1. The highest BCUT2D eigenvalue weighted by Crippen LogP contribution is 2.36. The molecule has 3 heteroatoms. The van der Waals surface area contributed by atoms with E-state index in [1.54, 1.807) is 24.3 Å². The first-order chi connectivity index (χ1) is 13.2. The zero-order chi connectivity index (χ0) is 19.3. The third-order valence-corrected chi connectivity index (χ3v) is 6.08. The van der Waals surface area contributed by atoms with E-state index in [2.05, 4.69) is 6.92 Å². The van der Waals surface area contributed by atoms with Gasteiger partial charge in [0.15, 0.2) is 0 Å². The van der Waals surface area contributed by atoms with Gasteiger partial charge in [0.05, 0.1) is 12.2 Å².